The van der Waals surface area contributed by atoms with E-state index in [2.05, 4.69) is 49.1 Å². The van der Waals surface area contributed by atoms with E-state index in [-0.39, 0.29) is 0 Å². The molecule has 2 heterocycles. The summed E-state index contributed by atoms with van der Waals surface area (Å²) in [6.07, 6.45) is 2.09. The molecule has 21 heavy (non-hydrogen) atoms. The Morgan fingerprint density at radius 1 is 1.00 bits per heavy atom. The molecule has 0 radical (unpaired) electrons. The lowest BCUT2D eigenvalue weighted by Crippen LogP contribution is -1.93. The molecule has 0 bridgehead atoms. The first kappa shape index (κ1) is 14.1. The van der Waals surface area contributed by atoms with Crippen LogP contribution >= 0.6 is 11.6 Å². The molecule has 4 heteroatoms. The van der Waals surface area contributed by atoms with Gasteiger partial charge in [0.1, 0.15) is 16.9 Å². The van der Waals surface area contributed by atoms with Crippen LogP contribution in [0.15, 0.2) is 18.3 Å². The van der Waals surface area contributed by atoms with Crippen molar-refractivity contribution < 1.29 is 0 Å². The van der Waals surface area contributed by atoms with Crippen LogP contribution in [0, 0.1) is 27.7 Å². The molecular formula is C17H18ClN3. The zero-order valence-electron chi connectivity index (χ0n) is 13.0. The molecule has 3 rings (SSSR count). The predicted octanol–water partition coefficient (Wildman–Crippen LogP) is 4.52. The molecule has 2 aromatic heterocycles. The Labute approximate surface area is 129 Å². The molecule has 0 saturated heterocycles. The van der Waals surface area contributed by atoms with Crippen LogP contribution in [-0.4, -0.2) is 14.5 Å². The third-order valence-corrected chi connectivity index (χ3v) is 4.09. The van der Waals surface area contributed by atoms with Gasteiger partial charge in [-0.2, -0.15) is 0 Å². The number of hydrogen-bond acceptors (Lipinski definition) is 2. The monoisotopic (exact) mass is 299 g/mol. The van der Waals surface area contributed by atoms with E-state index in [9.17, 15) is 0 Å². The van der Waals surface area contributed by atoms with Crippen LogP contribution in [-0.2, 0) is 7.05 Å². The van der Waals surface area contributed by atoms with Crippen LogP contribution in [0.1, 0.15) is 22.5 Å². The SMILES string of the molecule is Cc1cc(C)c(-c2cn(C)c3c(Cl)nc(C)nc23)c(C)c1. The van der Waals surface area contributed by atoms with Gasteiger partial charge in [-0.25, -0.2) is 9.97 Å². The summed E-state index contributed by atoms with van der Waals surface area (Å²) in [5.41, 5.74) is 7.95. The van der Waals surface area contributed by atoms with Crippen molar-refractivity contribution in [3.63, 3.8) is 0 Å². The van der Waals surface area contributed by atoms with Crippen molar-refractivity contribution in [2.75, 3.05) is 0 Å². The minimum atomic E-state index is 0.508. The van der Waals surface area contributed by atoms with Gasteiger partial charge in [0, 0.05) is 18.8 Å². The summed E-state index contributed by atoms with van der Waals surface area (Å²) in [7, 11) is 1.98. The van der Waals surface area contributed by atoms with E-state index >= 15 is 0 Å². The maximum Gasteiger partial charge on any atom is 0.157 e. The third-order valence-electron chi connectivity index (χ3n) is 3.83. The molecule has 0 fully saturated rings. The fourth-order valence-corrected chi connectivity index (χ4v) is 3.49. The molecule has 0 aliphatic carbocycles. The third kappa shape index (κ3) is 2.22. The summed E-state index contributed by atoms with van der Waals surface area (Å²) >= 11 is 6.30. The second-order valence-corrected chi connectivity index (χ2v) is 6.04. The van der Waals surface area contributed by atoms with Crippen molar-refractivity contribution in [2.45, 2.75) is 27.7 Å². The molecule has 1 aromatic carbocycles. The Kier molecular flexibility index (Phi) is 3.25. The van der Waals surface area contributed by atoms with Crippen molar-refractivity contribution in [3.8, 4) is 11.1 Å². The quantitative estimate of drug-likeness (QED) is 0.618. The lowest BCUT2D eigenvalue weighted by molar-refractivity contribution is 0.958. The van der Waals surface area contributed by atoms with Gasteiger partial charge in [-0.15, -0.1) is 0 Å². The highest BCUT2D eigenvalue weighted by atomic mass is 35.5. The van der Waals surface area contributed by atoms with Crippen LogP contribution in [0.5, 0.6) is 0 Å². The van der Waals surface area contributed by atoms with Gasteiger partial charge in [-0.05, 0) is 44.4 Å². The number of aryl methyl sites for hydroxylation is 5. The topological polar surface area (TPSA) is 30.7 Å². The van der Waals surface area contributed by atoms with Gasteiger partial charge in [0.25, 0.3) is 0 Å². The zero-order chi connectivity index (χ0) is 15.3. The molecular weight excluding hydrogens is 282 g/mol. The lowest BCUT2D eigenvalue weighted by Gasteiger charge is -2.10. The second kappa shape index (κ2) is 4.85. The van der Waals surface area contributed by atoms with Crippen LogP contribution in [0.25, 0.3) is 22.2 Å². The first-order valence-electron chi connectivity index (χ1n) is 6.96. The van der Waals surface area contributed by atoms with E-state index in [1.807, 2.05) is 18.5 Å². The summed E-state index contributed by atoms with van der Waals surface area (Å²) < 4.78 is 2.01. The van der Waals surface area contributed by atoms with Crippen molar-refractivity contribution >= 4 is 22.6 Å². The maximum atomic E-state index is 6.30. The van der Waals surface area contributed by atoms with Crippen LogP contribution in [0.2, 0.25) is 5.15 Å². The normalized spacial score (nSPS) is 11.3. The van der Waals surface area contributed by atoms with Crippen molar-refractivity contribution in [1.29, 1.82) is 0 Å². The lowest BCUT2D eigenvalue weighted by atomic mass is 9.95. The summed E-state index contributed by atoms with van der Waals surface area (Å²) in [5.74, 6) is 0.697. The maximum absolute atomic E-state index is 6.30. The van der Waals surface area contributed by atoms with E-state index < -0.39 is 0 Å². The highest BCUT2D eigenvalue weighted by Gasteiger charge is 2.17. The average molecular weight is 300 g/mol. The van der Waals surface area contributed by atoms with E-state index in [1.165, 1.54) is 22.3 Å². The van der Waals surface area contributed by atoms with Gasteiger partial charge in [0.2, 0.25) is 0 Å². The standard InChI is InChI=1S/C17H18ClN3/c1-9-6-10(2)14(11(3)7-9)13-8-21(5)16-15(13)19-12(4)20-17(16)18/h6-8H,1-5H3. The summed E-state index contributed by atoms with van der Waals surface area (Å²) in [5, 5.41) is 0.508. The fraction of sp³-hybridized carbons (Fsp3) is 0.294. The molecule has 0 saturated carbocycles. The molecule has 0 unspecified atom stereocenters. The number of nitrogens with zero attached hydrogens (tertiary/aromatic N) is 3. The Morgan fingerprint density at radius 2 is 1.62 bits per heavy atom. The summed E-state index contributed by atoms with van der Waals surface area (Å²) in [6, 6.07) is 4.41. The zero-order valence-corrected chi connectivity index (χ0v) is 13.7. The number of hydrogen-bond donors (Lipinski definition) is 0. The molecule has 108 valence electrons. The predicted molar refractivity (Wildman–Crippen MR) is 87.9 cm³/mol. The van der Waals surface area contributed by atoms with Crippen LogP contribution < -0.4 is 0 Å². The van der Waals surface area contributed by atoms with Gasteiger partial charge in [0.05, 0.1) is 0 Å². The van der Waals surface area contributed by atoms with Crippen LogP contribution in [0.4, 0.5) is 0 Å². The highest BCUT2D eigenvalue weighted by Crippen LogP contribution is 2.35. The molecule has 0 atom stereocenters. The van der Waals surface area contributed by atoms with Crippen molar-refractivity contribution in [1.82, 2.24) is 14.5 Å². The Bertz CT molecular complexity index is 839. The van der Waals surface area contributed by atoms with Gasteiger partial charge >= 0.3 is 0 Å². The number of aromatic nitrogens is 3. The number of benzene rings is 1. The number of rotatable bonds is 1. The summed E-state index contributed by atoms with van der Waals surface area (Å²) in [4.78, 5) is 8.88. The van der Waals surface area contributed by atoms with E-state index in [0.29, 0.717) is 11.0 Å². The minimum Gasteiger partial charge on any atom is -0.346 e. The Morgan fingerprint density at radius 3 is 2.24 bits per heavy atom. The minimum absolute atomic E-state index is 0.508. The van der Waals surface area contributed by atoms with Gasteiger partial charge in [-0.3, -0.25) is 0 Å². The highest BCUT2D eigenvalue weighted by molar-refractivity contribution is 6.34. The largest absolute Gasteiger partial charge is 0.346 e. The Balaban J connectivity index is 2.42. The molecule has 3 aromatic rings. The smallest absolute Gasteiger partial charge is 0.157 e. The molecule has 0 aliphatic heterocycles. The molecule has 0 N–H and O–H groups in total. The number of fused-ring (bicyclic) bond motifs is 1. The van der Waals surface area contributed by atoms with Crippen molar-refractivity contribution in [2.24, 2.45) is 7.05 Å². The molecule has 0 spiro atoms. The van der Waals surface area contributed by atoms with E-state index in [0.717, 1.165) is 16.6 Å². The summed E-state index contributed by atoms with van der Waals surface area (Å²) in [6.45, 7) is 8.28. The average Bonchev–Trinajstić information content (AvgIpc) is 2.65. The first-order chi connectivity index (χ1) is 9.88. The van der Waals surface area contributed by atoms with Crippen molar-refractivity contribution in [3.05, 3.63) is 46.0 Å². The molecule has 0 aliphatic rings. The number of halogens is 1. The van der Waals surface area contributed by atoms with Gasteiger partial charge in [0.15, 0.2) is 5.15 Å². The van der Waals surface area contributed by atoms with Gasteiger partial charge < -0.3 is 4.57 Å². The van der Waals surface area contributed by atoms with E-state index in [4.69, 9.17) is 11.6 Å². The fourth-order valence-electron chi connectivity index (χ4n) is 3.14. The van der Waals surface area contributed by atoms with Crippen LogP contribution in [0.3, 0.4) is 0 Å². The van der Waals surface area contributed by atoms with Gasteiger partial charge in [-0.1, -0.05) is 29.3 Å². The Hall–Kier alpha value is -1.87. The first-order valence-corrected chi connectivity index (χ1v) is 7.33. The second-order valence-electron chi connectivity index (χ2n) is 5.69. The van der Waals surface area contributed by atoms with E-state index in [1.54, 1.807) is 0 Å². The molecule has 3 nitrogen and oxygen atoms in total. The molecule has 0 amide bonds.